The van der Waals surface area contributed by atoms with Crippen LogP contribution in [0.15, 0.2) is 0 Å². The Labute approximate surface area is 83.8 Å². The van der Waals surface area contributed by atoms with Crippen LogP contribution < -0.4 is 0 Å². The second-order valence-electron chi connectivity index (χ2n) is 5.57. The average molecular weight is 199 g/mol. The fourth-order valence-electron chi connectivity index (χ4n) is 4.38. The fourth-order valence-corrected chi connectivity index (χ4v) is 4.59. The third-order valence-corrected chi connectivity index (χ3v) is 4.97. The smallest absolute Gasteiger partial charge is 0.227 e. The molecule has 3 bridgehead atoms. The summed E-state index contributed by atoms with van der Waals surface area (Å²) in [6.45, 7) is 0. The van der Waals surface area contributed by atoms with Crippen molar-refractivity contribution in [2.45, 2.75) is 44.9 Å². The van der Waals surface area contributed by atoms with Gasteiger partial charge in [0.2, 0.25) is 5.24 Å². The Kier molecular flexibility index (Phi) is 1.47. The van der Waals surface area contributed by atoms with E-state index in [0.29, 0.717) is 5.41 Å². The monoisotopic (exact) mass is 198 g/mol. The van der Waals surface area contributed by atoms with E-state index in [1.807, 2.05) is 0 Å². The third kappa shape index (κ3) is 0.971. The summed E-state index contributed by atoms with van der Waals surface area (Å²) in [5, 5.41) is -0.0466. The zero-order chi connectivity index (χ0) is 9.10. The third-order valence-electron chi connectivity index (χ3n) is 4.56. The zero-order valence-electron chi connectivity index (χ0n) is 7.81. The maximum atomic E-state index is 11.4. The van der Waals surface area contributed by atoms with E-state index in [-0.39, 0.29) is 10.7 Å². The van der Waals surface area contributed by atoms with E-state index >= 15 is 0 Å². The minimum atomic E-state index is -0.0646. The van der Waals surface area contributed by atoms with Crippen LogP contribution in [-0.4, -0.2) is 5.24 Å². The van der Waals surface area contributed by atoms with Gasteiger partial charge >= 0.3 is 0 Å². The van der Waals surface area contributed by atoms with Crippen LogP contribution in [0.5, 0.6) is 0 Å². The average Bonchev–Trinajstić information content (AvgIpc) is 2.00. The molecule has 0 aliphatic heterocycles. The van der Waals surface area contributed by atoms with Crippen molar-refractivity contribution in [3.8, 4) is 0 Å². The van der Waals surface area contributed by atoms with Crippen LogP contribution in [-0.2, 0) is 4.79 Å². The molecule has 0 aromatic rings. The van der Waals surface area contributed by atoms with Crippen LogP contribution >= 0.6 is 11.6 Å². The van der Waals surface area contributed by atoms with E-state index in [1.54, 1.807) is 0 Å². The number of hydrogen-bond donors (Lipinski definition) is 0. The van der Waals surface area contributed by atoms with Crippen molar-refractivity contribution < 1.29 is 4.79 Å². The number of rotatable bonds is 1. The lowest BCUT2D eigenvalue weighted by Crippen LogP contribution is -2.57. The van der Waals surface area contributed by atoms with E-state index < -0.39 is 0 Å². The van der Waals surface area contributed by atoms with E-state index in [1.165, 1.54) is 25.7 Å². The van der Waals surface area contributed by atoms with Crippen LogP contribution in [0.1, 0.15) is 44.9 Å². The van der Waals surface area contributed by atoms with Gasteiger partial charge in [-0.1, -0.05) is 12.8 Å². The molecule has 1 spiro atoms. The molecule has 72 valence electrons. The van der Waals surface area contributed by atoms with E-state index in [9.17, 15) is 4.79 Å². The molecule has 1 atom stereocenters. The molecule has 13 heavy (non-hydrogen) atoms. The Morgan fingerprint density at radius 1 is 1.31 bits per heavy atom. The van der Waals surface area contributed by atoms with Gasteiger partial charge in [-0.05, 0) is 55.0 Å². The summed E-state index contributed by atoms with van der Waals surface area (Å²) >= 11 is 5.71. The van der Waals surface area contributed by atoms with Crippen molar-refractivity contribution in [2.24, 2.45) is 16.7 Å². The number of carbonyl (C=O) groups is 1. The molecule has 4 rings (SSSR count). The number of hydrogen-bond acceptors (Lipinski definition) is 1. The molecule has 4 aliphatic carbocycles. The molecule has 0 aromatic heterocycles. The first-order valence-electron chi connectivity index (χ1n) is 5.34. The second kappa shape index (κ2) is 2.31. The molecule has 1 nitrogen and oxygen atoms in total. The van der Waals surface area contributed by atoms with Crippen molar-refractivity contribution in [3.63, 3.8) is 0 Å². The summed E-state index contributed by atoms with van der Waals surface area (Å²) in [6, 6.07) is 0. The summed E-state index contributed by atoms with van der Waals surface area (Å²) in [4.78, 5) is 11.4. The summed E-state index contributed by atoms with van der Waals surface area (Å²) in [6.07, 6.45) is 8.79. The predicted octanol–water partition coefficient (Wildman–Crippen LogP) is 3.11. The van der Waals surface area contributed by atoms with Crippen LogP contribution in [0.25, 0.3) is 0 Å². The first kappa shape index (κ1) is 8.28. The number of halogens is 1. The van der Waals surface area contributed by atoms with Crippen molar-refractivity contribution in [2.75, 3.05) is 0 Å². The van der Waals surface area contributed by atoms with Gasteiger partial charge in [0.05, 0.1) is 0 Å². The zero-order valence-corrected chi connectivity index (χ0v) is 8.57. The lowest BCUT2D eigenvalue weighted by Gasteiger charge is -2.64. The first-order valence-corrected chi connectivity index (χ1v) is 5.72. The van der Waals surface area contributed by atoms with Gasteiger partial charge in [0.1, 0.15) is 0 Å². The van der Waals surface area contributed by atoms with Gasteiger partial charge < -0.3 is 0 Å². The van der Waals surface area contributed by atoms with Crippen LogP contribution in [0, 0.1) is 16.7 Å². The van der Waals surface area contributed by atoms with Crippen LogP contribution in [0.2, 0.25) is 0 Å². The highest BCUT2D eigenvalue weighted by Crippen LogP contribution is 2.70. The molecule has 0 saturated heterocycles. The molecule has 0 heterocycles. The highest BCUT2D eigenvalue weighted by molar-refractivity contribution is 6.64. The van der Waals surface area contributed by atoms with Crippen molar-refractivity contribution >= 4 is 16.8 Å². The molecule has 1 unspecified atom stereocenters. The first-order chi connectivity index (χ1) is 6.14. The quantitative estimate of drug-likeness (QED) is 0.592. The second-order valence-corrected chi connectivity index (χ2v) is 5.92. The van der Waals surface area contributed by atoms with Crippen molar-refractivity contribution in [3.05, 3.63) is 0 Å². The summed E-state index contributed by atoms with van der Waals surface area (Å²) in [5.74, 6) is 0.818. The Hall–Kier alpha value is -0.0400. The molecular weight excluding hydrogens is 184 g/mol. The van der Waals surface area contributed by atoms with Gasteiger partial charge in [0.25, 0.3) is 0 Å². The Morgan fingerprint density at radius 3 is 2.69 bits per heavy atom. The van der Waals surface area contributed by atoms with E-state index in [4.69, 9.17) is 11.6 Å². The standard InChI is InChI=1S/C11H15ClO/c12-9(13)11-5-8-2-1-3-10(4-8,6-11)7-11/h8H,1-7H2. The maximum Gasteiger partial charge on any atom is 0.227 e. The van der Waals surface area contributed by atoms with Crippen molar-refractivity contribution in [1.29, 1.82) is 0 Å². The minimum absolute atomic E-state index is 0.0466. The molecule has 0 aromatic carbocycles. The largest absolute Gasteiger partial charge is 0.281 e. The molecule has 0 radical (unpaired) electrons. The van der Waals surface area contributed by atoms with Gasteiger partial charge in [-0.25, -0.2) is 0 Å². The lowest BCUT2D eigenvalue weighted by molar-refractivity contribution is -0.163. The molecule has 4 saturated carbocycles. The molecule has 4 fully saturated rings. The highest BCUT2D eigenvalue weighted by atomic mass is 35.5. The van der Waals surface area contributed by atoms with Gasteiger partial charge in [-0.3, -0.25) is 4.79 Å². The van der Waals surface area contributed by atoms with Crippen LogP contribution in [0.4, 0.5) is 0 Å². The Bertz CT molecular complexity index is 260. The van der Waals surface area contributed by atoms with E-state index in [2.05, 4.69) is 0 Å². The Morgan fingerprint density at radius 2 is 2.08 bits per heavy atom. The molecule has 2 heteroatoms. The van der Waals surface area contributed by atoms with Gasteiger partial charge in [-0.2, -0.15) is 0 Å². The molecule has 0 amide bonds. The molecule has 0 N–H and O–H groups in total. The van der Waals surface area contributed by atoms with Gasteiger partial charge in [-0.15, -0.1) is 0 Å². The summed E-state index contributed by atoms with van der Waals surface area (Å²) in [5.41, 5.74) is 0.497. The van der Waals surface area contributed by atoms with Gasteiger partial charge in [0.15, 0.2) is 0 Å². The topological polar surface area (TPSA) is 17.1 Å². The molecule has 4 aliphatic rings. The summed E-state index contributed by atoms with van der Waals surface area (Å²) in [7, 11) is 0. The lowest BCUT2D eigenvalue weighted by atomic mass is 9.40. The molecular formula is C11H15ClO. The van der Waals surface area contributed by atoms with E-state index in [0.717, 1.165) is 25.2 Å². The van der Waals surface area contributed by atoms with Gasteiger partial charge in [0, 0.05) is 5.41 Å². The fraction of sp³-hybridized carbons (Fsp3) is 0.909. The predicted molar refractivity (Wildman–Crippen MR) is 51.5 cm³/mol. The SMILES string of the molecule is O=C(Cl)C12CC3CCCC(C3)(C1)C2. The van der Waals surface area contributed by atoms with Crippen LogP contribution in [0.3, 0.4) is 0 Å². The normalized spacial score (nSPS) is 52.5. The summed E-state index contributed by atoms with van der Waals surface area (Å²) < 4.78 is 0. The van der Waals surface area contributed by atoms with Crippen molar-refractivity contribution in [1.82, 2.24) is 0 Å². The highest BCUT2D eigenvalue weighted by Gasteiger charge is 2.63. The minimum Gasteiger partial charge on any atom is -0.281 e. The maximum absolute atomic E-state index is 11.4. The number of carbonyl (C=O) groups excluding carboxylic acids is 1. The Balaban J connectivity index is 1.90.